The zero-order chi connectivity index (χ0) is 105. The van der Waals surface area contributed by atoms with Gasteiger partial charge in [0, 0.05) is 113 Å². The third kappa shape index (κ3) is 33.2. The highest BCUT2D eigenvalue weighted by Crippen LogP contribution is 2.72. The number of fused-ring (bicyclic) bond motifs is 2. The summed E-state index contributed by atoms with van der Waals surface area (Å²) in [5.74, 6) is -8.49. The molecule has 6 amide bonds. The lowest BCUT2D eigenvalue weighted by molar-refractivity contribution is -0.248. The predicted molar refractivity (Wildman–Crippen MR) is 530 cm³/mol. The van der Waals surface area contributed by atoms with Gasteiger partial charge in [-0.2, -0.15) is 13.5 Å². The van der Waals surface area contributed by atoms with Crippen LogP contribution in [0.1, 0.15) is 147 Å². The minimum Gasteiger partial charge on any atom is -0.479 e. The van der Waals surface area contributed by atoms with Crippen molar-refractivity contribution in [1.82, 2.24) is 39.8 Å². The van der Waals surface area contributed by atoms with Crippen molar-refractivity contribution in [2.24, 2.45) is 28.1 Å². The molecule has 802 valence electrons. The molecule has 6 heterocycles. The summed E-state index contributed by atoms with van der Waals surface area (Å²) in [5, 5.41) is 64.4. The Labute approximate surface area is 853 Å². The summed E-state index contributed by atoms with van der Waals surface area (Å²) in [6.45, 7) is 18.4. The Morgan fingerprint density at radius 2 is 1.24 bits per heavy atom. The third-order valence-electron chi connectivity index (χ3n) is 27.2. The number of pyridine rings is 1. The van der Waals surface area contributed by atoms with Crippen LogP contribution in [0.3, 0.4) is 0 Å². The van der Waals surface area contributed by atoms with Crippen LogP contribution >= 0.6 is 11.3 Å². The molecule has 4 bridgehead atoms. The van der Waals surface area contributed by atoms with E-state index in [4.69, 9.17) is 76.4 Å². The van der Waals surface area contributed by atoms with Crippen LogP contribution in [0.2, 0.25) is 0 Å². The van der Waals surface area contributed by atoms with Crippen LogP contribution in [-0.4, -0.2) is 372 Å². The third-order valence-corrected chi connectivity index (χ3v) is 28.8. The minimum absolute atomic E-state index is 0.00853. The topological polar surface area (TPSA) is 536 Å². The van der Waals surface area contributed by atoms with Gasteiger partial charge in [0.15, 0.2) is 22.7 Å². The normalized spacial score (nSPS) is 21.5. The molecule has 42 nitrogen and oxygen atoms in total. The first-order valence-electron chi connectivity index (χ1n) is 49.7. The van der Waals surface area contributed by atoms with Gasteiger partial charge in [0.2, 0.25) is 11.8 Å². The number of aromatic nitrogens is 4. The molecule has 1 saturated heterocycles. The maximum Gasteiger partial charge on any atom is 0.410 e. The van der Waals surface area contributed by atoms with Gasteiger partial charge >= 0.3 is 18.0 Å². The smallest absolute Gasteiger partial charge is 0.410 e. The van der Waals surface area contributed by atoms with Crippen molar-refractivity contribution < 1.29 is 153 Å². The highest BCUT2D eigenvalue weighted by molar-refractivity contribution is 7.85. The van der Waals surface area contributed by atoms with Crippen LogP contribution in [0.5, 0.6) is 0 Å². The number of aliphatic carboxylic acids is 1. The van der Waals surface area contributed by atoms with Crippen LogP contribution in [0, 0.1) is 35.0 Å². The summed E-state index contributed by atoms with van der Waals surface area (Å²) in [6, 6.07) is 20.4. The first-order valence-corrected chi connectivity index (χ1v) is 52.1. The molecule has 13 rings (SSSR count). The van der Waals surface area contributed by atoms with E-state index in [-0.39, 0.29) is 119 Å². The lowest BCUT2D eigenvalue weighted by Gasteiger charge is -2.69. The molecule has 8 N–H and O–H groups in total. The van der Waals surface area contributed by atoms with E-state index in [9.17, 15) is 86.4 Å². The van der Waals surface area contributed by atoms with Crippen LogP contribution in [0.25, 0.3) is 21.3 Å². The number of methoxy groups -OCH3 is 1. The quantitative estimate of drug-likeness (QED) is 0.0112. The fraction of sp³-hybridized carbons (Fsp3) is 0.618. The lowest BCUT2D eigenvalue weighted by Crippen LogP contribution is -2.64. The van der Waals surface area contributed by atoms with Gasteiger partial charge in [-0.1, -0.05) is 81.5 Å². The SMILES string of the molecule is COCCOCCOCCOCCOCCOCCOCCOCCOCCOCCOCCN(CCC(=O)C[C@H](C(=O)N[C@@H](C)C(=O)Cc1ccc(COC(=O)N(CCOC23CC4(C)CC(C)(CC(Cn5ncc(-c6ccc(N7CCc8cccc(C(=O)Nc9nc%10ccccc%10s9)c8C7)nc6C(=O)O)c5C)(C4)C2)C3)CCS(=O)(=O)O)c(CC[C@@H]2O[C@H](C(=O)O)[C@@H](O)[C@H](O)[C@H]2O)c1)C(C)C)C(=O)CN1C(=O)C=CC1=O. The maximum atomic E-state index is 14.5. The predicted octanol–water partition coefficient (Wildman–Crippen LogP) is 6.71. The minimum atomic E-state index is -4.66. The molecule has 4 aliphatic carbocycles. The molecular weight excluding hydrogens is 1940 g/mol. The van der Waals surface area contributed by atoms with Gasteiger partial charge in [-0.3, -0.25) is 53.0 Å². The molecule has 0 radical (unpaired) electrons. The highest BCUT2D eigenvalue weighted by atomic mass is 32.2. The number of imide groups is 1. The largest absolute Gasteiger partial charge is 0.479 e. The number of amides is 6. The number of nitrogens with one attached hydrogen (secondary N) is 2. The number of thiazole rings is 1. The zero-order valence-electron chi connectivity index (χ0n) is 84.1. The number of ketones is 2. The number of anilines is 2. The molecule has 3 aromatic carbocycles. The fourth-order valence-corrected chi connectivity index (χ4v) is 22.3. The number of benzene rings is 3. The summed E-state index contributed by atoms with van der Waals surface area (Å²) in [7, 11) is -3.04. The maximum absolute atomic E-state index is 14.5. The summed E-state index contributed by atoms with van der Waals surface area (Å²) in [5.41, 5.74) is 4.17. The second kappa shape index (κ2) is 54.8. The van der Waals surface area contributed by atoms with E-state index in [1.165, 1.54) is 23.2 Å². The molecular formula is C102H140N10O32S2. The number of aromatic carboxylic acids is 1. The van der Waals surface area contributed by atoms with Gasteiger partial charge in [0.25, 0.3) is 27.8 Å². The van der Waals surface area contributed by atoms with Crippen LogP contribution in [0.4, 0.5) is 15.7 Å². The van der Waals surface area contributed by atoms with Crippen molar-refractivity contribution >= 4 is 102 Å². The van der Waals surface area contributed by atoms with Crippen LogP contribution in [0.15, 0.2) is 91.1 Å². The molecule has 0 spiro atoms. The summed E-state index contributed by atoms with van der Waals surface area (Å²) in [4.78, 5) is 150. The van der Waals surface area contributed by atoms with E-state index < -0.39 is 143 Å². The van der Waals surface area contributed by atoms with E-state index in [1.54, 1.807) is 63.6 Å². The average Bonchev–Trinajstić information content (AvgIpc) is 0.836. The fourth-order valence-electron chi connectivity index (χ4n) is 21.0. The zero-order valence-corrected chi connectivity index (χ0v) is 85.7. The number of carbonyl (C=O) groups is 10. The number of hydrogen-bond donors (Lipinski definition) is 8. The van der Waals surface area contributed by atoms with Crippen LogP contribution < -0.4 is 15.5 Å². The molecule has 6 aromatic rings. The number of hydrogen-bond acceptors (Lipinski definition) is 34. The number of Topliss-reactive ketones (excluding diaryl/α,β-unsaturated/α-hetero) is 2. The Bertz CT molecular complexity index is 5500. The molecule has 3 aliphatic heterocycles. The number of carbonyl (C=O) groups excluding carboxylic acids is 8. The number of aliphatic hydroxyl groups is 3. The van der Waals surface area contributed by atoms with E-state index in [0.717, 1.165) is 68.3 Å². The van der Waals surface area contributed by atoms with E-state index in [0.29, 0.717) is 195 Å². The van der Waals surface area contributed by atoms with Crippen molar-refractivity contribution in [3.8, 4) is 11.1 Å². The first kappa shape index (κ1) is 115. The first-order chi connectivity index (χ1) is 69.9. The van der Waals surface area contributed by atoms with E-state index >= 15 is 0 Å². The standard InChI is InChI=1S/C102H140N10O32S2/c1-67(2)77(55-74(113)24-26-108(87(117)58-111-85(115)21-22-86(111)116)27-30-132-34-35-134-38-39-136-42-43-138-46-47-140-50-51-141-49-48-139-45-44-137-41-40-135-37-36-133-33-32-131-7)94(122)104-68(3)81(114)54-70-15-16-73(72(53-70)17-19-82-89(118)90(119)91(120)92(144-82)96(125)126)59-142-98(127)109(29-52-146(128,129)130)28-31-143-102-63-99(5)60-100(6,64-102)62-101(61-99,65-102)66-112-69(4)78(56-103-112)75-18-20-84(106-88(75)95(123)124)110-25-23-71-11-10-12-76(79(71)57-110)93(121)107-97-105-80-13-8-9-14-83(80)145-97/h8-16,18,20-22,53,56,67-68,77,82,89-92,118-120H,17,19,23-52,54-55,57-66H2,1-7H3,(H,104,122)(H,123,124)(H,125,126)(H,105,107,121)(H,128,129,130)/t68-,77-,82-,89-,90+,91-,92-,99?,100?,101?,102?/m0/s1. The number of aryl methyl sites for hydroxylation is 1. The average molecular weight is 2080 g/mol. The molecule has 146 heavy (non-hydrogen) atoms. The Morgan fingerprint density at radius 3 is 1.82 bits per heavy atom. The monoisotopic (exact) mass is 2080 g/mol. The van der Waals surface area contributed by atoms with Crippen molar-refractivity contribution in [3.63, 3.8) is 0 Å². The Kier molecular flexibility index (Phi) is 43.0. The van der Waals surface area contributed by atoms with Gasteiger partial charge in [-0.15, -0.1) is 0 Å². The number of carboxylic acid groups (broad SMARTS) is 2. The summed E-state index contributed by atoms with van der Waals surface area (Å²) >= 11 is 1.38. The molecule has 7 aliphatic rings. The van der Waals surface area contributed by atoms with Crippen molar-refractivity contribution in [2.75, 3.05) is 208 Å². The van der Waals surface area contributed by atoms with Gasteiger partial charge in [0.05, 0.1) is 185 Å². The number of aliphatic hydroxyl groups excluding tert-OH is 3. The number of ether oxygens (including phenoxy) is 14. The Morgan fingerprint density at radius 1 is 0.644 bits per heavy atom. The van der Waals surface area contributed by atoms with Crippen LogP contribution in [-0.2, 0) is 149 Å². The van der Waals surface area contributed by atoms with Crippen molar-refractivity contribution in [3.05, 3.63) is 136 Å². The van der Waals surface area contributed by atoms with Gasteiger partial charge < -0.3 is 112 Å². The molecule has 44 heteroatoms. The Balaban J connectivity index is 0.605. The number of rotatable bonds is 66. The molecule has 5 fully saturated rings. The number of carboxylic acids is 2. The second-order valence-corrected chi connectivity index (χ2v) is 41.7. The number of para-hydroxylation sites is 1. The molecule has 4 saturated carbocycles. The number of nitrogens with zero attached hydrogens (tertiary/aromatic N) is 8. The molecule has 2 unspecified atom stereocenters. The Hall–Kier alpha value is -10.2. The summed E-state index contributed by atoms with van der Waals surface area (Å²) < 4.78 is 117. The van der Waals surface area contributed by atoms with Gasteiger partial charge in [0.1, 0.15) is 43.1 Å². The van der Waals surface area contributed by atoms with E-state index in [2.05, 4.69) is 29.5 Å². The highest BCUT2D eigenvalue weighted by Gasteiger charge is 2.66. The summed E-state index contributed by atoms with van der Waals surface area (Å²) in [6.07, 6.45) is -2.21. The van der Waals surface area contributed by atoms with Gasteiger partial charge in [-0.25, -0.2) is 24.4 Å². The molecule has 3 aromatic heterocycles. The van der Waals surface area contributed by atoms with Gasteiger partial charge in [-0.05, 0) is 152 Å². The van der Waals surface area contributed by atoms with Crippen molar-refractivity contribution in [2.45, 2.75) is 180 Å². The molecule has 9 atom stereocenters. The second-order valence-electron chi connectivity index (χ2n) is 39.1. The lowest BCUT2D eigenvalue weighted by atomic mass is 9.39. The van der Waals surface area contributed by atoms with Crippen molar-refractivity contribution in [1.29, 1.82) is 0 Å². The van der Waals surface area contributed by atoms with E-state index in [1.807, 2.05) is 52.9 Å².